The maximum Gasteiger partial charge on any atom is 0.0692 e. The van der Waals surface area contributed by atoms with E-state index in [1.807, 2.05) is 0 Å². The highest BCUT2D eigenvalue weighted by molar-refractivity contribution is 4.87. The number of aliphatic hydroxyl groups excluding tert-OH is 1. The summed E-state index contributed by atoms with van der Waals surface area (Å²) in [7, 11) is 0. The summed E-state index contributed by atoms with van der Waals surface area (Å²) in [5, 5.41) is 8.43. The molecule has 1 N–H and O–H groups in total. The second kappa shape index (κ2) is 2.91. The fourth-order valence-corrected chi connectivity index (χ4v) is 0.197. The van der Waals surface area contributed by atoms with Crippen LogP contribution in [0.5, 0.6) is 0 Å². The number of hydrogen-bond acceptors (Lipinski definition) is 1. The highest BCUT2D eigenvalue weighted by Gasteiger charge is 1.78. The first-order valence-electron chi connectivity index (χ1n) is 1.91. The average molecular weight is 85.1 g/mol. The predicted octanol–water partition coefficient (Wildman–Crippen LogP) is 0.757. The zero-order chi connectivity index (χ0) is 4.99. The van der Waals surface area contributed by atoms with E-state index in [1.54, 1.807) is 19.1 Å². The van der Waals surface area contributed by atoms with Gasteiger partial charge in [0, 0.05) is 0 Å². The molecule has 1 heteroatoms. The van der Waals surface area contributed by atoms with Gasteiger partial charge >= 0.3 is 0 Å². The van der Waals surface area contributed by atoms with Crippen molar-refractivity contribution in [2.24, 2.45) is 0 Å². The third-order valence-corrected chi connectivity index (χ3v) is 0.415. The first kappa shape index (κ1) is 5.70. The van der Waals surface area contributed by atoms with Gasteiger partial charge in [-0.3, -0.25) is 0 Å². The van der Waals surface area contributed by atoms with Crippen LogP contribution in [0, 0.1) is 6.92 Å². The summed E-state index contributed by atoms with van der Waals surface area (Å²) in [4.78, 5) is 0. The van der Waals surface area contributed by atoms with E-state index in [1.165, 1.54) is 0 Å². The molecule has 1 atom stereocenters. The van der Waals surface area contributed by atoms with Gasteiger partial charge < -0.3 is 5.11 Å². The number of aliphatic hydroxyl groups is 1. The first-order valence-corrected chi connectivity index (χ1v) is 1.91. The Bertz CT molecular complexity index is 45.9. The fourth-order valence-electron chi connectivity index (χ4n) is 0.197. The van der Waals surface area contributed by atoms with Crippen LogP contribution < -0.4 is 0 Å². The van der Waals surface area contributed by atoms with Crippen molar-refractivity contribution < 1.29 is 5.11 Å². The first-order chi connectivity index (χ1) is 2.77. The van der Waals surface area contributed by atoms with Crippen molar-refractivity contribution >= 4 is 0 Å². The normalized spacial score (nSPS) is 15.8. The van der Waals surface area contributed by atoms with Gasteiger partial charge in [0.2, 0.25) is 0 Å². The number of rotatable bonds is 1. The van der Waals surface area contributed by atoms with Crippen LogP contribution >= 0.6 is 0 Å². The molecule has 0 aromatic carbocycles. The van der Waals surface area contributed by atoms with Crippen LogP contribution in [0.1, 0.15) is 6.92 Å². The molecule has 0 rings (SSSR count). The molecule has 0 bridgehead atoms. The van der Waals surface area contributed by atoms with Crippen molar-refractivity contribution in [3.63, 3.8) is 0 Å². The lowest BCUT2D eigenvalue weighted by atomic mass is 10.4. The third-order valence-electron chi connectivity index (χ3n) is 0.415. The van der Waals surface area contributed by atoms with Crippen LogP contribution in [0.15, 0.2) is 12.2 Å². The minimum atomic E-state index is -0.345. The van der Waals surface area contributed by atoms with E-state index in [2.05, 4.69) is 6.92 Å². The maximum absolute atomic E-state index is 8.43. The van der Waals surface area contributed by atoms with E-state index in [-0.39, 0.29) is 6.10 Å². The second-order valence-electron chi connectivity index (χ2n) is 1.17. The van der Waals surface area contributed by atoms with Gasteiger partial charge in [-0.2, -0.15) is 0 Å². The molecule has 6 heavy (non-hydrogen) atoms. The Morgan fingerprint density at radius 2 is 2.33 bits per heavy atom. The van der Waals surface area contributed by atoms with E-state index in [0.717, 1.165) is 0 Å². The van der Waals surface area contributed by atoms with Crippen LogP contribution in [0.2, 0.25) is 0 Å². The summed E-state index contributed by atoms with van der Waals surface area (Å²) < 4.78 is 0. The van der Waals surface area contributed by atoms with Crippen LogP contribution in [-0.2, 0) is 0 Å². The van der Waals surface area contributed by atoms with Crippen molar-refractivity contribution in [3.8, 4) is 0 Å². The molecule has 0 aromatic rings. The van der Waals surface area contributed by atoms with E-state index in [9.17, 15) is 0 Å². The second-order valence-corrected chi connectivity index (χ2v) is 1.17. The highest BCUT2D eigenvalue weighted by Crippen LogP contribution is 1.78. The Hall–Kier alpha value is -0.300. The average Bonchev–Trinajstić information content (AvgIpc) is 1.35. The summed E-state index contributed by atoms with van der Waals surface area (Å²) >= 11 is 0. The van der Waals surface area contributed by atoms with E-state index < -0.39 is 0 Å². The van der Waals surface area contributed by atoms with E-state index in [0.29, 0.717) is 0 Å². The molecule has 0 aliphatic heterocycles. The van der Waals surface area contributed by atoms with Crippen molar-refractivity contribution in [1.29, 1.82) is 0 Å². The molecule has 0 unspecified atom stereocenters. The van der Waals surface area contributed by atoms with Crippen molar-refractivity contribution in [2.45, 2.75) is 13.0 Å². The largest absolute Gasteiger partial charge is 0.389 e. The molecular formula is C5H9O. The Morgan fingerprint density at radius 1 is 1.83 bits per heavy atom. The predicted molar refractivity (Wildman–Crippen MR) is 26.2 cm³/mol. The highest BCUT2D eigenvalue weighted by atomic mass is 16.3. The zero-order valence-corrected chi connectivity index (χ0v) is 3.89. The van der Waals surface area contributed by atoms with Gasteiger partial charge in [-0.15, -0.1) is 0 Å². The molecule has 0 aliphatic carbocycles. The molecule has 1 radical (unpaired) electrons. The molecule has 0 aliphatic rings. The Morgan fingerprint density at radius 3 is 2.33 bits per heavy atom. The van der Waals surface area contributed by atoms with Gasteiger partial charge in [-0.25, -0.2) is 0 Å². The number of hydrogen-bond donors (Lipinski definition) is 1. The summed E-state index contributed by atoms with van der Waals surface area (Å²) in [6.45, 7) is 5.07. The quantitative estimate of drug-likeness (QED) is 0.498. The van der Waals surface area contributed by atoms with Crippen LogP contribution in [0.25, 0.3) is 0 Å². The Kier molecular flexibility index (Phi) is 2.77. The van der Waals surface area contributed by atoms with Gasteiger partial charge in [0.15, 0.2) is 0 Å². The molecule has 1 nitrogen and oxygen atoms in total. The lowest BCUT2D eigenvalue weighted by Crippen LogP contribution is -1.90. The molecule has 35 valence electrons. The van der Waals surface area contributed by atoms with Crippen molar-refractivity contribution in [2.75, 3.05) is 0 Å². The van der Waals surface area contributed by atoms with Gasteiger partial charge in [0.25, 0.3) is 0 Å². The monoisotopic (exact) mass is 85.1 g/mol. The molecule has 0 aromatic heterocycles. The summed E-state index contributed by atoms with van der Waals surface area (Å²) in [6, 6.07) is 0. The molecule has 0 amide bonds. The van der Waals surface area contributed by atoms with Crippen molar-refractivity contribution in [3.05, 3.63) is 19.1 Å². The minimum Gasteiger partial charge on any atom is -0.389 e. The van der Waals surface area contributed by atoms with Crippen LogP contribution in [-0.4, -0.2) is 11.2 Å². The van der Waals surface area contributed by atoms with Crippen LogP contribution in [0.3, 0.4) is 0 Å². The van der Waals surface area contributed by atoms with E-state index in [4.69, 9.17) is 5.11 Å². The molecule has 0 heterocycles. The fraction of sp³-hybridized carbons (Fsp3) is 0.400. The lowest BCUT2D eigenvalue weighted by molar-refractivity contribution is 0.244. The maximum atomic E-state index is 8.43. The van der Waals surface area contributed by atoms with Crippen molar-refractivity contribution in [1.82, 2.24) is 0 Å². The SMILES string of the molecule is [CH2]C=C[C@H](C)O. The van der Waals surface area contributed by atoms with Gasteiger partial charge in [0.05, 0.1) is 6.10 Å². The Balaban J connectivity index is 3.03. The summed E-state index contributed by atoms with van der Waals surface area (Å²) in [6.07, 6.45) is 2.84. The summed E-state index contributed by atoms with van der Waals surface area (Å²) in [5.41, 5.74) is 0. The molecule has 0 saturated carbocycles. The minimum absolute atomic E-state index is 0.345. The van der Waals surface area contributed by atoms with Crippen LogP contribution in [0.4, 0.5) is 0 Å². The zero-order valence-electron chi connectivity index (χ0n) is 3.89. The standard InChI is InChI=1S/C5H9O/c1-3-4-5(2)6/h3-6H,1H2,2H3/t5-/m0/s1. The smallest absolute Gasteiger partial charge is 0.0692 e. The lowest BCUT2D eigenvalue weighted by Gasteiger charge is -1.87. The molecule has 0 saturated heterocycles. The van der Waals surface area contributed by atoms with E-state index >= 15 is 0 Å². The molecule has 0 spiro atoms. The molecular weight excluding hydrogens is 76.1 g/mol. The topological polar surface area (TPSA) is 20.2 Å². The number of allylic oxidation sites excluding steroid dienone is 1. The van der Waals surface area contributed by atoms with Gasteiger partial charge in [0.1, 0.15) is 0 Å². The summed E-state index contributed by atoms with van der Waals surface area (Å²) in [5.74, 6) is 0. The third kappa shape index (κ3) is 3.70. The molecule has 0 fully saturated rings. The van der Waals surface area contributed by atoms with Gasteiger partial charge in [-0.1, -0.05) is 12.2 Å². The van der Waals surface area contributed by atoms with Gasteiger partial charge in [-0.05, 0) is 13.8 Å². The Labute approximate surface area is 38.3 Å².